The summed E-state index contributed by atoms with van der Waals surface area (Å²) in [5.41, 5.74) is 0. The maximum atomic E-state index is 12.5. The second-order valence-corrected chi connectivity index (χ2v) is 7.27. The summed E-state index contributed by atoms with van der Waals surface area (Å²) in [6, 6.07) is 7.38. The molecule has 2 aliphatic rings. The molecule has 7 nitrogen and oxygen atoms in total. The fraction of sp³-hybridized carbons (Fsp3) is 0.619. The molecule has 0 radical (unpaired) electrons. The number of hydrogen-bond acceptors (Lipinski definition) is 5. The van der Waals surface area contributed by atoms with Crippen LogP contribution in [0.4, 0.5) is 0 Å². The highest BCUT2D eigenvalue weighted by atomic mass is 16.5. The Morgan fingerprint density at radius 3 is 2.07 bits per heavy atom. The molecule has 154 valence electrons. The molecule has 7 heteroatoms. The van der Waals surface area contributed by atoms with E-state index in [0.717, 1.165) is 39.0 Å². The van der Waals surface area contributed by atoms with Gasteiger partial charge < -0.3 is 19.3 Å². The smallest absolute Gasteiger partial charge is 0.260 e. The highest BCUT2D eigenvalue weighted by Crippen LogP contribution is 2.26. The zero-order chi connectivity index (χ0) is 19.8. The summed E-state index contributed by atoms with van der Waals surface area (Å²) in [7, 11) is 0. The standard InChI is InChI=1S/C21H31N3O4/c1-2-27-18-8-4-5-9-19(18)28-17-21(26)24-14-12-22(13-15-24)16-20(25)23-10-6-3-7-11-23/h4-5,8-9H,2-3,6-7,10-17H2,1H3. The second kappa shape index (κ2) is 10.3. The molecular weight excluding hydrogens is 358 g/mol. The van der Waals surface area contributed by atoms with Crippen LogP contribution in [0, 0.1) is 0 Å². The molecule has 2 saturated heterocycles. The van der Waals surface area contributed by atoms with Crippen molar-refractivity contribution in [1.29, 1.82) is 0 Å². The zero-order valence-electron chi connectivity index (χ0n) is 16.8. The first-order valence-electron chi connectivity index (χ1n) is 10.3. The van der Waals surface area contributed by atoms with E-state index in [0.29, 0.717) is 37.7 Å². The Hall–Kier alpha value is -2.28. The summed E-state index contributed by atoms with van der Waals surface area (Å²) in [6.07, 6.45) is 3.45. The molecule has 1 aromatic carbocycles. The SMILES string of the molecule is CCOc1ccccc1OCC(=O)N1CCN(CC(=O)N2CCCCC2)CC1. The van der Waals surface area contributed by atoms with Gasteiger partial charge in [0.2, 0.25) is 5.91 Å². The van der Waals surface area contributed by atoms with Gasteiger partial charge in [-0.25, -0.2) is 0 Å². The van der Waals surface area contributed by atoms with Crippen LogP contribution in [0.25, 0.3) is 0 Å². The van der Waals surface area contributed by atoms with Crippen molar-refractivity contribution in [3.05, 3.63) is 24.3 Å². The van der Waals surface area contributed by atoms with Crippen LogP contribution in [0.2, 0.25) is 0 Å². The number of amides is 2. The summed E-state index contributed by atoms with van der Waals surface area (Å²) in [5, 5.41) is 0. The lowest BCUT2D eigenvalue weighted by Gasteiger charge is -2.36. The van der Waals surface area contributed by atoms with E-state index in [1.54, 1.807) is 0 Å². The van der Waals surface area contributed by atoms with Gasteiger partial charge in [-0.1, -0.05) is 12.1 Å². The van der Waals surface area contributed by atoms with Gasteiger partial charge in [0, 0.05) is 39.3 Å². The van der Waals surface area contributed by atoms with Crippen molar-refractivity contribution in [2.75, 3.05) is 59.0 Å². The van der Waals surface area contributed by atoms with E-state index < -0.39 is 0 Å². The lowest BCUT2D eigenvalue weighted by Crippen LogP contribution is -2.52. The molecule has 0 aliphatic carbocycles. The molecule has 3 rings (SSSR count). The van der Waals surface area contributed by atoms with Crippen LogP contribution in [0.15, 0.2) is 24.3 Å². The Morgan fingerprint density at radius 1 is 0.821 bits per heavy atom. The van der Waals surface area contributed by atoms with Crippen LogP contribution >= 0.6 is 0 Å². The van der Waals surface area contributed by atoms with Crippen molar-refractivity contribution < 1.29 is 19.1 Å². The number of ether oxygens (including phenoxy) is 2. The van der Waals surface area contributed by atoms with Gasteiger partial charge in [-0.2, -0.15) is 0 Å². The Labute approximate surface area is 167 Å². The van der Waals surface area contributed by atoms with E-state index in [-0.39, 0.29) is 18.4 Å². The fourth-order valence-corrected chi connectivity index (χ4v) is 3.66. The van der Waals surface area contributed by atoms with Crippen molar-refractivity contribution >= 4 is 11.8 Å². The van der Waals surface area contributed by atoms with Crippen molar-refractivity contribution in [3.8, 4) is 11.5 Å². The minimum Gasteiger partial charge on any atom is -0.490 e. The quantitative estimate of drug-likeness (QED) is 0.709. The number of carbonyl (C=O) groups is 2. The van der Waals surface area contributed by atoms with Gasteiger partial charge in [-0.3, -0.25) is 14.5 Å². The van der Waals surface area contributed by atoms with Crippen molar-refractivity contribution in [1.82, 2.24) is 14.7 Å². The molecular formula is C21H31N3O4. The van der Waals surface area contributed by atoms with Crippen molar-refractivity contribution in [3.63, 3.8) is 0 Å². The first-order chi connectivity index (χ1) is 13.7. The number of benzene rings is 1. The Morgan fingerprint density at radius 2 is 1.43 bits per heavy atom. The number of likely N-dealkylation sites (tertiary alicyclic amines) is 1. The molecule has 2 amide bonds. The average Bonchev–Trinajstić information content (AvgIpc) is 2.74. The summed E-state index contributed by atoms with van der Waals surface area (Å²) >= 11 is 0. The average molecular weight is 389 g/mol. The predicted molar refractivity (Wildman–Crippen MR) is 107 cm³/mol. The number of rotatable bonds is 7. The third kappa shape index (κ3) is 5.61. The van der Waals surface area contributed by atoms with Crippen LogP contribution in [0.1, 0.15) is 26.2 Å². The van der Waals surface area contributed by atoms with E-state index in [1.165, 1.54) is 6.42 Å². The first-order valence-corrected chi connectivity index (χ1v) is 10.3. The number of carbonyl (C=O) groups excluding carboxylic acids is 2. The maximum absolute atomic E-state index is 12.5. The largest absolute Gasteiger partial charge is 0.490 e. The minimum atomic E-state index is -0.0340. The van der Waals surface area contributed by atoms with Crippen LogP contribution in [-0.4, -0.2) is 85.5 Å². The molecule has 0 atom stereocenters. The highest BCUT2D eigenvalue weighted by molar-refractivity contribution is 5.79. The third-order valence-corrected chi connectivity index (χ3v) is 5.29. The van der Waals surface area contributed by atoms with Crippen molar-refractivity contribution in [2.45, 2.75) is 26.2 Å². The molecule has 0 aromatic heterocycles. The molecule has 0 bridgehead atoms. The zero-order valence-corrected chi connectivity index (χ0v) is 16.8. The Kier molecular flexibility index (Phi) is 7.54. The number of para-hydroxylation sites is 2. The van der Waals surface area contributed by atoms with Gasteiger partial charge in [0.15, 0.2) is 18.1 Å². The van der Waals surface area contributed by atoms with Crippen LogP contribution in [0.5, 0.6) is 11.5 Å². The van der Waals surface area contributed by atoms with E-state index in [9.17, 15) is 9.59 Å². The predicted octanol–water partition coefficient (Wildman–Crippen LogP) is 1.62. The van der Waals surface area contributed by atoms with Crippen LogP contribution in [-0.2, 0) is 9.59 Å². The molecule has 1 aromatic rings. The molecule has 0 saturated carbocycles. The molecule has 0 unspecified atom stereocenters. The normalized spacial score (nSPS) is 18.0. The number of piperazine rings is 1. The maximum Gasteiger partial charge on any atom is 0.260 e. The summed E-state index contributed by atoms with van der Waals surface area (Å²) < 4.78 is 11.2. The monoisotopic (exact) mass is 389 g/mol. The number of nitrogens with zero attached hydrogens (tertiary/aromatic N) is 3. The molecule has 2 aliphatic heterocycles. The summed E-state index contributed by atoms with van der Waals surface area (Å²) in [4.78, 5) is 30.8. The van der Waals surface area contributed by atoms with E-state index in [1.807, 2.05) is 41.0 Å². The fourth-order valence-electron chi connectivity index (χ4n) is 3.66. The molecule has 0 N–H and O–H groups in total. The van der Waals surface area contributed by atoms with E-state index in [4.69, 9.17) is 9.47 Å². The minimum absolute atomic E-state index is 0.00318. The van der Waals surface area contributed by atoms with Gasteiger partial charge in [0.1, 0.15) is 0 Å². The second-order valence-electron chi connectivity index (χ2n) is 7.27. The van der Waals surface area contributed by atoms with Crippen LogP contribution < -0.4 is 9.47 Å². The molecule has 28 heavy (non-hydrogen) atoms. The van der Waals surface area contributed by atoms with E-state index in [2.05, 4.69) is 4.90 Å². The van der Waals surface area contributed by atoms with Gasteiger partial charge in [0.05, 0.1) is 13.2 Å². The highest BCUT2D eigenvalue weighted by Gasteiger charge is 2.25. The van der Waals surface area contributed by atoms with Gasteiger partial charge in [-0.15, -0.1) is 0 Å². The summed E-state index contributed by atoms with van der Waals surface area (Å²) in [6.45, 7) is 7.39. The van der Waals surface area contributed by atoms with Gasteiger partial charge in [0.25, 0.3) is 5.91 Å². The van der Waals surface area contributed by atoms with Crippen molar-refractivity contribution in [2.24, 2.45) is 0 Å². The topological polar surface area (TPSA) is 62.3 Å². The molecule has 2 fully saturated rings. The Bertz CT molecular complexity index is 653. The Balaban J connectivity index is 1.41. The van der Waals surface area contributed by atoms with E-state index >= 15 is 0 Å². The third-order valence-electron chi connectivity index (χ3n) is 5.29. The van der Waals surface area contributed by atoms with Gasteiger partial charge >= 0.3 is 0 Å². The number of hydrogen-bond donors (Lipinski definition) is 0. The number of piperidine rings is 1. The first kappa shape index (κ1) is 20.5. The lowest BCUT2D eigenvalue weighted by molar-refractivity contribution is -0.136. The molecule has 0 spiro atoms. The van der Waals surface area contributed by atoms with Gasteiger partial charge in [-0.05, 0) is 38.3 Å². The van der Waals surface area contributed by atoms with Crippen LogP contribution in [0.3, 0.4) is 0 Å². The lowest BCUT2D eigenvalue weighted by atomic mass is 10.1. The molecule has 2 heterocycles. The summed E-state index contributed by atoms with van der Waals surface area (Å²) in [5.74, 6) is 1.42.